The van der Waals surface area contributed by atoms with E-state index in [-0.39, 0.29) is 0 Å². The number of nitrogen functional groups attached to an aromatic ring is 1. The summed E-state index contributed by atoms with van der Waals surface area (Å²) in [5.74, 6) is 0. The summed E-state index contributed by atoms with van der Waals surface area (Å²) < 4.78 is 0. The van der Waals surface area contributed by atoms with Gasteiger partial charge in [0.25, 0.3) is 0 Å². The van der Waals surface area contributed by atoms with Crippen LogP contribution < -0.4 is 16.4 Å². The van der Waals surface area contributed by atoms with Crippen LogP contribution in [0.25, 0.3) is 0 Å². The predicted molar refractivity (Wildman–Crippen MR) is 76.1 cm³/mol. The average Bonchev–Trinajstić information content (AvgIpc) is 2.32. The van der Waals surface area contributed by atoms with Gasteiger partial charge in [0.15, 0.2) is 0 Å². The number of anilines is 2. The van der Waals surface area contributed by atoms with Gasteiger partial charge in [0, 0.05) is 0 Å². The third kappa shape index (κ3) is 5.09. The van der Waals surface area contributed by atoms with E-state index >= 15 is 0 Å². The first-order valence-corrected chi connectivity index (χ1v) is 6.62. The molecule has 0 amide bonds. The largest absolute Gasteiger partial charge is 0.397 e. The number of benzene rings is 1. The van der Waals surface area contributed by atoms with E-state index < -0.39 is 0 Å². The Hall–Kier alpha value is -1.22. The quantitative estimate of drug-likeness (QED) is 0.368. The zero-order chi connectivity index (χ0) is 12.5. The van der Waals surface area contributed by atoms with Crippen molar-refractivity contribution in [3.8, 4) is 0 Å². The van der Waals surface area contributed by atoms with Crippen molar-refractivity contribution in [1.82, 2.24) is 5.32 Å². The molecule has 1 unspecified atom stereocenters. The summed E-state index contributed by atoms with van der Waals surface area (Å²) in [6, 6.07) is 7.92. The summed E-state index contributed by atoms with van der Waals surface area (Å²) in [7, 11) is 0. The number of para-hydroxylation sites is 2. The summed E-state index contributed by atoms with van der Waals surface area (Å²) in [5, 5.41) is 7.00. The average molecular weight is 235 g/mol. The van der Waals surface area contributed by atoms with Gasteiger partial charge in [-0.05, 0) is 31.5 Å². The van der Waals surface area contributed by atoms with Crippen LogP contribution in [0.15, 0.2) is 24.3 Å². The van der Waals surface area contributed by atoms with Crippen LogP contribution >= 0.6 is 0 Å². The second-order valence-electron chi connectivity index (χ2n) is 4.38. The van der Waals surface area contributed by atoms with Crippen molar-refractivity contribution in [2.75, 3.05) is 17.6 Å². The second kappa shape index (κ2) is 7.96. The lowest BCUT2D eigenvalue weighted by Gasteiger charge is -2.21. The molecule has 4 N–H and O–H groups in total. The van der Waals surface area contributed by atoms with Gasteiger partial charge in [-0.3, -0.25) is 5.32 Å². The van der Waals surface area contributed by atoms with Gasteiger partial charge in [-0.25, -0.2) is 0 Å². The fraction of sp³-hybridized carbons (Fsp3) is 0.571. The highest BCUT2D eigenvalue weighted by Gasteiger charge is 2.07. The minimum Gasteiger partial charge on any atom is -0.397 e. The fourth-order valence-electron chi connectivity index (χ4n) is 1.78. The molecule has 0 saturated heterocycles. The molecule has 17 heavy (non-hydrogen) atoms. The van der Waals surface area contributed by atoms with Crippen molar-refractivity contribution in [3.05, 3.63) is 24.3 Å². The highest BCUT2D eigenvalue weighted by atomic mass is 15.1. The first-order valence-electron chi connectivity index (χ1n) is 6.62. The maximum Gasteiger partial charge on any atom is 0.0768 e. The molecule has 0 radical (unpaired) electrons. The van der Waals surface area contributed by atoms with Crippen molar-refractivity contribution in [1.29, 1.82) is 0 Å². The Morgan fingerprint density at radius 3 is 2.59 bits per heavy atom. The first-order chi connectivity index (χ1) is 8.27. The van der Waals surface area contributed by atoms with Crippen LogP contribution in [0.4, 0.5) is 11.4 Å². The van der Waals surface area contributed by atoms with E-state index in [2.05, 4.69) is 24.5 Å². The Bertz CT molecular complexity index is 312. The predicted octanol–water partition coefficient (Wildman–Crippen LogP) is 3.20. The molecule has 0 bridgehead atoms. The number of nitrogens with two attached hydrogens (primary N) is 1. The second-order valence-corrected chi connectivity index (χ2v) is 4.38. The molecule has 1 rings (SSSR count). The topological polar surface area (TPSA) is 50.1 Å². The van der Waals surface area contributed by atoms with E-state index in [0.717, 1.165) is 30.8 Å². The third-order valence-electron chi connectivity index (χ3n) is 2.79. The van der Waals surface area contributed by atoms with Gasteiger partial charge in [0.05, 0.1) is 17.5 Å². The molecule has 0 spiro atoms. The van der Waals surface area contributed by atoms with Crippen LogP contribution in [0.3, 0.4) is 0 Å². The number of hydrogen-bond acceptors (Lipinski definition) is 3. The number of nitrogens with one attached hydrogen (secondary N) is 2. The van der Waals surface area contributed by atoms with Crippen molar-refractivity contribution in [3.63, 3.8) is 0 Å². The molecular weight excluding hydrogens is 210 g/mol. The van der Waals surface area contributed by atoms with Gasteiger partial charge in [0.2, 0.25) is 0 Å². The molecule has 96 valence electrons. The summed E-state index contributed by atoms with van der Waals surface area (Å²) >= 11 is 0. The minimum absolute atomic E-state index is 0.316. The molecule has 0 aliphatic heterocycles. The van der Waals surface area contributed by atoms with Gasteiger partial charge in [0.1, 0.15) is 0 Å². The molecule has 0 saturated carbocycles. The van der Waals surface area contributed by atoms with Gasteiger partial charge in [-0.1, -0.05) is 38.8 Å². The van der Waals surface area contributed by atoms with E-state index in [9.17, 15) is 0 Å². The molecule has 1 atom stereocenters. The molecule has 0 aliphatic carbocycles. The maximum absolute atomic E-state index is 5.93. The van der Waals surface area contributed by atoms with Gasteiger partial charge >= 0.3 is 0 Å². The van der Waals surface area contributed by atoms with Crippen LogP contribution in [0.1, 0.15) is 39.5 Å². The number of hydrogen-bond donors (Lipinski definition) is 3. The lowest BCUT2D eigenvalue weighted by atomic mass is 10.2. The SMILES string of the molecule is CCCCNC(CCC)Nc1ccccc1N. The Balaban J connectivity index is 2.50. The van der Waals surface area contributed by atoms with Crippen molar-refractivity contribution in [2.45, 2.75) is 45.7 Å². The fourth-order valence-corrected chi connectivity index (χ4v) is 1.78. The summed E-state index contributed by atoms with van der Waals surface area (Å²) in [5.41, 5.74) is 7.76. The van der Waals surface area contributed by atoms with Gasteiger partial charge in [-0.2, -0.15) is 0 Å². The van der Waals surface area contributed by atoms with Crippen molar-refractivity contribution < 1.29 is 0 Å². The van der Waals surface area contributed by atoms with E-state index in [1.54, 1.807) is 0 Å². The summed E-state index contributed by atoms with van der Waals surface area (Å²) in [4.78, 5) is 0. The molecule has 3 nitrogen and oxygen atoms in total. The van der Waals surface area contributed by atoms with E-state index in [1.807, 2.05) is 24.3 Å². The zero-order valence-electron chi connectivity index (χ0n) is 11.0. The standard InChI is InChI=1S/C14H25N3/c1-3-5-11-16-14(8-4-2)17-13-10-7-6-9-12(13)15/h6-7,9-10,14,16-17H,3-5,8,11,15H2,1-2H3. The Morgan fingerprint density at radius 1 is 1.18 bits per heavy atom. The molecular formula is C14H25N3. The monoisotopic (exact) mass is 235 g/mol. The first kappa shape index (κ1) is 13.8. The number of rotatable bonds is 8. The van der Waals surface area contributed by atoms with Crippen LogP contribution in [0.2, 0.25) is 0 Å². The van der Waals surface area contributed by atoms with E-state index in [1.165, 1.54) is 12.8 Å². The molecule has 0 heterocycles. The Labute approximate surface area is 105 Å². The zero-order valence-corrected chi connectivity index (χ0v) is 11.0. The van der Waals surface area contributed by atoms with E-state index in [4.69, 9.17) is 5.73 Å². The molecule has 0 fully saturated rings. The molecule has 0 aromatic heterocycles. The summed E-state index contributed by atoms with van der Waals surface area (Å²) in [6.45, 7) is 5.46. The van der Waals surface area contributed by atoms with E-state index in [0.29, 0.717) is 6.17 Å². The van der Waals surface area contributed by atoms with Crippen LogP contribution in [-0.4, -0.2) is 12.7 Å². The molecule has 0 aliphatic rings. The summed E-state index contributed by atoms with van der Waals surface area (Å²) in [6.07, 6.45) is 5.02. The van der Waals surface area contributed by atoms with Gasteiger partial charge in [-0.15, -0.1) is 0 Å². The Morgan fingerprint density at radius 2 is 1.94 bits per heavy atom. The van der Waals surface area contributed by atoms with Crippen molar-refractivity contribution >= 4 is 11.4 Å². The highest BCUT2D eigenvalue weighted by Crippen LogP contribution is 2.18. The molecule has 3 heteroatoms. The van der Waals surface area contributed by atoms with Crippen LogP contribution in [0.5, 0.6) is 0 Å². The van der Waals surface area contributed by atoms with Crippen molar-refractivity contribution in [2.24, 2.45) is 0 Å². The highest BCUT2D eigenvalue weighted by molar-refractivity contribution is 5.65. The maximum atomic E-state index is 5.93. The lowest BCUT2D eigenvalue weighted by Crippen LogP contribution is -2.36. The molecule has 1 aromatic rings. The lowest BCUT2D eigenvalue weighted by molar-refractivity contribution is 0.509. The molecule has 1 aromatic carbocycles. The van der Waals surface area contributed by atoms with Crippen LogP contribution in [0, 0.1) is 0 Å². The normalized spacial score (nSPS) is 12.4. The Kier molecular flexibility index (Phi) is 6.48. The van der Waals surface area contributed by atoms with Gasteiger partial charge < -0.3 is 11.1 Å². The smallest absolute Gasteiger partial charge is 0.0768 e. The third-order valence-corrected chi connectivity index (χ3v) is 2.79. The van der Waals surface area contributed by atoms with Crippen LogP contribution in [-0.2, 0) is 0 Å². The minimum atomic E-state index is 0.316. The number of unbranched alkanes of at least 4 members (excludes halogenated alkanes) is 1.